The van der Waals surface area contributed by atoms with E-state index in [2.05, 4.69) is 87.8 Å². The molecule has 2 atom stereocenters. The summed E-state index contributed by atoms with van der Waals surface area (Å²) in [7, 11) is 0.637. The topological polar surface area (TPSA) is 21.3 Å². The van der Waals surface area contributed by atoms with Crippen LogP contribution in [0.2, 0.25) is 19.6 Å². The lowest BCUT2D eigenvalue weighted by Gasteiger charge is -2.35. The SMILES string of the molecule is COC[C@H](N[C@H](C/C=C/[Si](C)(C)C)C(C)(C)C)c1ccccc1. The number of ether oxygens (including phenoxy) is 1. The summed E-state index contributed by atoms with van der Waals surface area (Å²) in [6.07, 6.45) is 3.44. The highest BCUT2D eigenvalue weighted by molar-refractivity contribution is 6.80. The van der Waals surface area contributed by atoms with E-state index in [1.165, 1.54) is 5.56 Å². The quantitative estimate of drug-likeness (QED) is 0.660. The molecule has 1 aromatic rings. The van der Waals surface area contributed by atoms with Crippen molar-refractivity contribution < 1.29 is 4.74 Å². The molecule has 3 heteroatoms. The first-order chi connectivity index (χ1) is 10.6. The molecule has 0 aromatic heterocycles. The van der Waals surface area contributed by atoms with Gasteiger partial charge in [-0.05, 0) is 17.4 Å². The van der Waals surface area contributed by atoms with Crippen LogP contribution in [-0.4, -0.2) is 27.8 Å². The molecule has 0 spiro atoms. The van der Waals surface area contributed by atoms with E-state index < -0.39 is 8.07 Å². The summed E-state index contributed by atoms with van der Waals surface area (Å²) in [4.78, 5) is 0. The normalized spacial score (nSPS) is 15.8. The molecule has 1 N–H and O–H groups in total. The van der Waals surface area contributed by atoms with E-state index in [-0.39, 0.29) is 11.5 Å². The summed E-state index contributed by atoms with van der Waals surface area (Å²) in [5, 5.41) is 3.84. The van der Waals surface area contributed by atoms with Gasteiger partial charge in [0.2, 0.25) is 0 Å². The highest BCUT2D eigenvalue weighted by Gasteiger charge is 2.26. The third kappa shape index (κ3) is 7.96. The second kappa shape index (κ2) is 8.81. The molecule has 0 saturated heterocycles. The molecule has 0 aliphatic carbocycles. The van der Waals surface area contributed by atoms with Gasteiger partial charge in [0.25, 0.3) is 0 Å². The molecule has 0 unspecified atom stereocenters. The summed E-state index contributed by atoms with van der Waals surface area (Å²) < 4.78 is 5.46. The Morgan fingerprint density at radius 2 is 1.74 bits per heavy atom. The average molecular weight is 334 g/mol. The van der Waals surface area contributed by atoms with Gasteiger partial charge in [0.05, 0.1) is 20.7 Å². The van der Waals surface area contributed by atoms with Gasteiger partial charge in [-0.25, -0.2) is 0 Å². The third-order valence-corrected chi connectivity index (χ3v) is 5.21. The van der Waals surface area contributed by atoms with Gasteiger partial charge in [0, 0.05) is 13.2 Å². The zero-order valence-corrected chi connectivity index (χ0v) is 17.0. The highest BCUT2D eigenvalue weighted by atomic mass is 28.3. The number of hydrogen-bond acceptors (Lipinski definition) is 2. The van der Waals surface area contributed by atoms with E-state index in [4.69, 9.17) is 4.74 Å². The first-order valence-electron chi connectivity index (χ1n) is 8.61. The predicted octanol–water partition coefficient (Wildman–Crippen LogP) is 5.20. The molecule has 2 nitrogen and oxygen atoms in total. The molecule has 0 aliphatic heterocycles. The Kier molecular flexibility index (Phi) is 7.72. The largest absolute Gasteiger partial charge is 0.383 e. The van der Waals surface area contributed by atoms with Crippen LogP contribution in [-0.2, 0) is 4.74 Å². The lowest BCUT2D eigenvalue weighted by atomic mass is 9.84. The fraction of sp³-hybridized carbons (Fsp3) is 0.600. The number of rotatable bonds is 8. The van der Waals surface area contributed by atoms with E-state index in [0.29, 0.717) is 12.6 Å². The van der Waals surface area contributed by atoms with E-state index in [1.54, 1.807) is 7.11 Å². The van der Waals surface area contributed by atoms with Gasteiger partial charge in [-0.2, -0.15) is 0 Å². The van der Waals surface area contributed by atoms with Crippen LogP contribution in [0.4, 0.5) is 0 Å². The van der Waals surface area contributed by atoms with Crippen LogP contribution >= 0.6 is 0 Å². The Bertz CT molecular complexity index is 471. The number of nitrogens with one attached hydrogen (secondary N) is 1. The van der Waals surface area contributed by atoms with Crippen LogP contribution in [0.15, 0.2) is 42.1 Å². The summed E-state index contributed by atoms with van der Waals surface area (Å²) in [5.41, 5.74) is 3.93. The maximum Gasteiger partial charge on any atom is 0.0682 e. The molecule has 0 aliphatic rings. The van der Waals surface area contributed by atoms with Crippen LogP contribution in [0.25, 0.3) is 0 Å². The minimum Gasteiger partial charge on any atom is -0.383 e. The molecule has 1 rings (SSSR count). The van der Waals surface area contributed by atoms with Gasteiger partial charge >= 0.3 is 0 Å². The predicted molar refractivity (Wildman–Crippen MR) is 105 cm³/mol. The molecule has 0 radical (unpaired) electrons. The lowest BCUT2D eigenvalue weighted by Crippen LogP contribution is -2.43. The zero-order valence-electron chi connectivity index (χ0n) is 16.0. The van der Waals surface area contributed by atoms with Gasteiger partial charge in [0.15, 0.2) is 0 Å². The van der Waals surface area contributed by atoms with Crippen LogP contribution in [0.3, 0.4) is 0 Å². The second-order valence-corrected chi connectivity index (χ2v) is 13.6. The van der Waals surface area contributed by atoms with Crippen LogP contribution in [0.5, 0.6) is 0 Å². The summed E-state index contributed by atoms with van der Waals surface area (Å²) >= 11 is 0. The maximum atomic E-state index is 5.46. The molecular weight excluding hydrogens is 298 g/mol. The highest BCUT2D eigenvalue weighted by Crippen LogP contribution is 2.26. The third-order valence-electron chi connectivity index (χ3n) is 3.97. The van der Waals surface area contributed by atoms with Crippen molar-refractivity contribution in [1.82, 2.24) is 5.32 Å². The molecular formula is C20H35NOSi. The molecule has 0 saturated carbocycles. The molecule has 1 aromatic carbocycles. The van der Waals surface area contributed by atoms with Crippen LogP contribution in [0, 0.1) is 5.41 Å². The Balaban J connectivity index is 2.87. The Labute approximate surface area is 144 Å². The van der Waals surface area contributed by atoms with Crippen LogP contribution in [0.1, 0.15) is 38.8 Å². The fourth-order valence-corrected chi connectivity index (χ4v) is 3.41. The molecule has 23 heavy (non-hydrogen) atoms. The van der Waals surface area contributed by atoms with Crippen molar-refractivity contribution in [1.29, 1.82) is 0 Å². The monoisotopic (exact) mass is 333 g/mol. The number of methoxy groups -OCH3 is 1. The Morgan fingerprint density at radius 3 is 2.22 bits per heavy atom. The van der Waals surface area contributed by atoms with Crippen molar-refractivity contribution >= 4 is 8.07 Å². The van der Waals surface area contributed by atoms with Gasteiger partial charge in [0.1, 0.15) is 0 Å². The van der Waals surface area contributed by atoms with E-state index in [1.807, 2.05) is 0 Å². The van der Waals surface area contributed by atoms with E-state index >= 15 is 0 Å². The van der Waals surface area contributed by atoms with Gasteiger partial charge in [-0.15, -0.1) is 0 Å². The van der Waals surface area contributed by atoms with Crippen LogP contribution < -0.4 is 5.32 Å². The van der Waals surface area contributed by atoms with Crippen molar-refractivity contribution in [2.24, 2.45) is 5.41 Å². The molecule has 0 bridgehead atoms. The van der Waals surface area contributed by atoms with Crippen molar-refractivity contribution in [2.45, 2.75) is 58.9 Å². The minimum absolute atomic E-state index is 0.199. The lowest BCUT2D eigenvalue weighted by molar-refractivity contribution is 0.144. The van der Waals surface area contributed by atoms with Gasteiger partial charge in [-0.3, -0.25) is 0 Å². The smallest absolute Gasteiger partial charge is 0.0682 e. The maximum absolute atomic E-state index is 5.46. The number of benzene rings is 1. The standard InChI is InChI=1S/C20H35NOSi/c1-20(2,3)19(14-11-15-23(5,6)7)21-18(16-22-4)17-12-9-8-10-13-17/h8-13,15,18-19,21H,14,16H2,1-7H3/b15-11+/t18-,19+/m0/s1. The molecule has 130 valence electrons. The Morgan fingerprint density at radius 1 is 1.13 bits per heavy atom. The van der Waals surface area contributed by atoms with Gasteiger partial charge in [-0.1, -0.05) is 82.5 Å². The average Bonchev–Trinajstić information content (AvgIpc) is 2.44. The second-order valence-electron chi connectivity index (χ2n) is 8.51. The first-order valence-corrected chi connectivity index (χ1v) is 12.2. The summed E-state index contributed by atoms with van der Waals surface area (Å²) in [6, 6.07) is 11.2. The minimum atomic E-state index is -1.14. The molecule has 0 fully saturated rings. The molecule has 0 heterocycles. The van der Waals surface area contributed by atoms with Crippen molar-refractivity contribution in [3.63, 3.8) is 0 Å². The van der Waals surface area contributed by atoms with Crippen molar-refractivity contribution in [3.05, 3.63) is 47.7 Å². The Hall–Kier alpha value is -0.903. The zero-order chi connectivity index (χ0) is 17.5. The van der Waals surface area contributed by atoms with Gasteiger partial charge < -0.3 is 10.1 Å². The molecule has 0 amide bonds. The van der Waals surface area contributed by atoms with E-state index in [9.17, 15) is 0 Å². The fourth-order valence-electron chi connectivity index (χ4n) is 2.56. The number of hydrogen-bond donors (Lipinski definition) is 1. The summed E-state index contributed by atoms with van der Waals surface area (Å²) in [6.45, 7) is 14.7. The van der Waals surface area contributed by atoms with Crippen molar-refractivity contribution in [2.75, 3.05) is 13.7 Å². The first kappa shape index (κ1) is 20.1. The van der Waals surface area contributed by atoms with E-state index in [0.717, 1.165) is 6.42 Å². The van der Waals surface area contributed by atoms with Crippen molar-refractivity contribution in [3.8, 4) is 0 Å². The summed E-state index contributed by atoms with van der Waals surface area (Å²) in [5.74, 6) is 0.